The molecule has 0 spiro atoms. The molecule has 3 nitrogen and oxygen atoms in total. The van der Waals surface area contributed by atoms with Crippen LogP contribution < -0.4 is 11.3 Å². The number of anilines is 1. The first-order valence-corrected chi connectivity index (χ1v) is 3.75. The van der Waals surface area contributed by atoms with Gasteiger partial charge in [0.25, 0.3) is 5.56 Å². The van der Waals surface area contributed by atoms with Crippen LogP contribution in [0.25, 0.3) is 10.9 Å². The summed E-state index contributed by atoms with van der Waals surface area (Å²) in [4.78, 5) is 13.5. The van der Waals surface area contributed by atoms with Gasteiger partial charge in [0.2, 0.25) is 0 Å². The normalized spacial score (nSPS) is 10.5. The molecule has 0 fully saturated rings. The van der Waals surface area contributed by atoms with Crippen LogP contribution in [-0.4, -0.2) is 4.98 Å². The summed E-state index contributed by atoms with van der Waals surface area (Å²) in [5.41, 5.74) is 5.44. The monoisotopic (exact) mass is 178 g/mol. The van der Waals surface area contributed by atoms with Crippen molar-refractivity contribution in [3.05, 3.63) is 40.4 Å². The third-order valence-corrected chi connectivity index (χ3v) is 1.86. The molecule has 0 radical (unpaired) electrons. The van der Waals surface area contributed by atoms with Crippen molar-refractivity contribution in [3.8, 4) is 0 Å². The lowest BCUT2D eigenvalue weighted by Gasteiger charge is -1.99. The fourth-order valence-corrected chi connectivity index (χ4v) is 1.21. The number of hydrogen-bond acceptors (Lipinski definition) is 2. The maximum Gasteiger partial charge on any atom is 0.271 e. The molecule has 1 aromatic carbocycles. The van der Waals surface area contributed by atoms with Gasteiger partial charge in [-0.3, -0.25) is 4.79 Å². The van der Waals surface area contributed by atoms with E-state index in [-0.39, 0.29) is 11.5 Å². The Balaban J connectivity index is 2.97. The number of halogens is 1. The predicted octanol–water partition coefficient (Wildman–Crippen LogP) is 1.25. The topological polar surface area (TPSA) is 58.9 Å². The fourth-order valence-electron chi connectivity index (χ4n) is 1.21. The minimum absolute atomic E-state index is 0.0256. The van der Waals surface area contributed by atoms with E-state index in [1.54, 1.807) is 6.07 Å². The second kappa shape index (κ2) is 2.58. The van der Waals surface area contributed by atoms with E-state index in [4.69, 9.17) is 5.73 Å². The number of nitrogens with two attached hydrogens (primary N) is 1. The molecule has 0 aliphatic rings. The molecule has 66 valence electrons. The van der Waals surface area contributed by atoms with E-state index < -0.39 is 5.56 Å². The van der Waals surface area contributed by atoms with Crippen molar-refractivity contribution >= 4 is 16.6 Å². The highest BCUT2D eigenvalue weighted by Gasteiger charge is 2.02. The summed E-state index contributed by atoms with van der Waals surface area (Å²) < 4.78 is 13.1. The summed E-state index contributed by atoms with van der Waals surface area (Å²) in [6.07, 6.45) is 0. The van der Waals surface area contributed by atoms with Crippen LogP contribution in [0, 0.1) is 5.82 Å². The number of aromatic amines is 1. The standard InChI is InChI=1S/C9H7FN2O/c10-6-2-1-3-8-5(6)4-7(11)9(13)12-8/h1-4H,11H2,(H,12,13). The molecule has 13 heavy (non-hydrogen) atoms. The van der Waals surface area contributed by atoms with E-state index in [2.05, 4.69) is 4.98 Å². The van der Waals surface area contributed by atoms with Crippen LogP contribution >= 0.6 is 0 Å². The Morgan fingerprint density at radius 2 is 2.15 bits per heavy atom. The molecule has 0 bridgehead atoms. The number of rotatable bonds is 0. The van der Waals surface area contributed by atoms with Crippen molar-refractivity contribution in [1.29, 1.82) is 0 Å². The van der Waals surface area contributed by atoms with E-state index >= 15 is 0 Å². The molecule has 0 saturated carbocycles. The molecule has 0 amide bonds. The Morgan fingerprint density at radius 1 is 1.38 bits per heavy atom. The molecule has 0 atom stereocenters. The summed E-state index contributed by atoms with van der Waals surface area (Å²) in [7, 11) is 0. The lowest BCUT2D eigenvalue weighted by atomic mass is 10.2. The SMILES string of the molecule is Nc1cc2c(F)cccc2[nH]c1=O. The molecule has 1 heterocycles. The Morgan fingerprint density at radius 3 is 2.92 bits per heavy atom. The molecule has 0 aliphatic heterocycles. The highest BCUT2D eigenvalue weighted by Crippen LogP contribution is 2.15. The number of H-pyrrole nitrogens is 1. The Hall–Kier alpha value is -1.84. The van der Waals surface area contributed by atoms with E-state index in [0.717, 1.165) is 0 Å². The zero-order valence-corrected chi connectivity index (χ0v) is 6.67. The highest BCUT2D eigenvalue weighted by atomic mass is 19.1. The molecule has 0 unspecified atom stereocenters. The quantitative estimate of drug-likeness (QED) is 0.637. The van der Waals surface area contributed by atoms with Crippen molar-refractivity contribution in [1.82, 2.24) is 4.98 Å². The Bertz CT molecular complexity index is 518. The van der Waals surface area contributed by atoms with Gasteiger partial charge in [0.15, 0.2) is 0 Å². The number of aromatic nitrogens is 1. The number of benzene rings is 1. The van der Waals surface area contributed by atoms with Gasteiger partial charge in [-0.25, -0.2) is 4.39 Å². The number of pyridine rings is 1. The average molecular weight is 178 g/mol. The van der Waals surface area contributed by atoms with E-state index in [0.29, 0.717) is 10.9 Å². The zero-order valence-electron chi connectivity index (χ0n) is 6.67. The van der Waals surface area contributed by atoms with Crippen LogP contribution in [0.4, 0.5) is 10.1 Å². The summed E-state index contributed by atoms with van der Waals surface area (Å²) in [6, 6.07) is 5.81. The van der Waals surface area contributed by atoms with E-state index in [9.17, 15) is 9.18 Å². The molecule has 1 aromatic heterocycles. The Kier molecular flexibility index (Phi) is 1.55. The number of hydrogen-bond donors (Lipinski definition) is 2. The Labute approximate surface area is 73.0 Å². The highest BCUT2D eigenvalue weighted by molar-refractivity contribution is 5.81. The van der Waals surface area contributed by atoms with Crippen LogP contribution in [-0.2, 0) is 0 Å². The third kappa shape index (κ3) is 1.16. The van der Waals surface area contributed by atoms with Gasteiger partial charge in [-0.2, -0.15) is 0 Å². The lowest BCUT2D eigenvalue weighted by Crippen LogP contribution is -2.11. The number of nitrogens with one attached hydrogen (secondary N) is 1. The molecule has 3 N–H and O–H groups in total. The van der Waals surface area contributed by atoms with Crippen molar-refractivity contribution in [3.63, 3.8) is 0 Å². The summed E-state index contributed by atoms with van der Waals surface area (Å²) in [5, 5.41) is 0.333. The minimum Gasteiger partial charge on any atom is -0.394 e. The van der Waals surface area contributed by atoms with Crippen LogP contribution in [0.2, 0.25) is 0 Å². The van der Waals surface area contributed by atoms with Gasteiger partial charge in [0, 0.05) is 5.39 Å². The molecule has 0 aliphatic carbocycles. The van der Waals surface area contributed by atoms with Crippen molar-refractivity contribution in [2.45, 2.75) is 0 Å². The second-order valence-corrected chi connectivity index (χ2v) is 2.75. The van der Waals surface area contributed by atoms with Crippen molar-refractivity contribution < 1.29 is 4.39 Å². The first kappa shape index (κ1) is 7.79. The third-order valence-electron chi connectivity index (χ3n) is 1.86. The van der Waals surface area contributed by atoms with E-state index in [1.807, 2.05) is 0 Å². The van der Waals surface area contributed by atoms with Crippen molar-refractivity contribution in [2.75, 3.05) is 5.73 Å². The van der Waals surface area contributed by atoms with Gasteiger partial charge in [-0.05, 0) is 18.2 Å². The molecule has 4 heteroatoms. The van der Waals surface area contributed by atoms with Gasteiger partial charge < -0.3 is 10.7 Å². The largest absolute Gasteiger partial charge is 0.394 e. The van der Waals surface area contributed by atoms with Crippen molar-refractivity contribution in [2.24, 2.45) is 0 Å². The van der Waals surface area contributed by atoms with Crippen LogP contribution in [0.1, 0.15) is 0 Å². The lowest BCUT2D eigenvalue weighted by molar-refractivity contribution is 0.639. The van der Waals surface area contributed by atoms with Gasteiger partial charge in [0.05, 0.1) is 11.2 Å². The van der Waals surface area contributed by atoms with Crippen LogP contribution in [0.5, 0.6) is 0 Å². The maximum atomic E-state index is 13.1. The smallest absolute Gasteiger partial charge is 0.271 e. The van der Waals surface area contributed by atoms with Crippen LogP contribution in [0.15, 0.2) is 29.1 Å². The maximum absolute atomic E-state index is 13.1. The molecular weight excluding hydrogens is 171 g/mol. The van der Waals surface area contributed by atoms with Crippen LogP contribution in [0.3, 0.4) is 0 Å². The fraction of sp³-hybridized carbons (Fsp3) is 0. The summed E-state index contributed by atoms with van der Waals surface area (Å²) in [6.45, 7) is 0. The summed E-state index contributed by atoms with van der Waals surface area (Å²) >= 11 is 0. The number of nitrogen functional groups attached to an aromatic ring is 1. The van der Waals surface area contributed by atoms with E-state index in [1.165, 1.54) is 18.2 Å². The summed E-state index contributed by atoms with van der Waals surface area (Å²) in [5.74, 6) is -0.388. The molecule has 2 aromatic rings. The number of fused-ring (bicyclic) bond motifs is 1. The van der Waals surface area contributed by atoms with Gasteiger partial charge in [-0.15, -0.1) is 0 Å². The minimum atomic E-state index is -0.391. The molecule has 2 rings (SSSR count). The van der Waals surface area contributed by atoms with Gasteiger partial charge >= 0.3 is 0 Å². The molecule has 0 saturated heterocycles. The van der Waals surface area contributed by atoms with Gasteiger partial charge in [0.1, 0.15) is 5.82 Å². The van der Waals surface area contributed by atoms with Gasteiger partial charge in [-0.1, -0.05) is 6.07 Å². The average Bonchev–Trinajstić information content (AvgIpc) is 2.09. The predicted molar refractivity (Wildman–Crippen MR) is 48.9 cm³/mol. The zero-order chi connectivity index (χ0) is 9.42. The first-order chi connectivity index (χ1) is 6.18. The molecular formula is C9H7FN2O. The second-order valence-electron chi connectivity index (χ2n) is 2.75. The first-order valence-electron chi connectivity index (χ1n) is 3.75.